The number of benzene rings is 2. The lowest BCUT2D eigenvalue weighted by Gasteiger charge is -2.15. The van der Waals surface area contributed by atoms with Crippen molar-refractivity contribution in [2.45, 2.75) is 55.5 Å². The van der Waals surface area contributed by atoms with Crippen LogP contribution in [0.25, 0.3) is 0 Å². The molecule has 0 bridgehead atoms. The molecule has 1 saturated heterocycles. The molecule has 0 unspecified atom stereocenters. The van der Waals surface area contributed by atoms with Crippen LogP contribution in [0.3, 0.4) is 0 Å². The molecule has 186 valence electrons. The van der Waals surface area contributed by atoms with Gasteiger partial charge < -0.3 is 10.1 Å². The quantitative estimate of drug-likeness (QED) is 0.479. The Morgan fingerprint density at radius 1 is 0.971 bits per heavy atom. The number of ether oxygens (including phenoxy) is 1. The standard InChI is InChI=1S/C23H31N3O6S2/c1-3-18(2)25-33(28,29)21-12-8-20(9-13-21)32-17-23(27)24-16-19-6-10-22(11-7-19)34(30,31)26-14-4-5-15-26/h6-13,18,25H,3-5,14-17H2,1-2H3,(H,24,27)/t18-/m0/s1. The predicted octanol–water partition coefficient (Wildman–Crippen LogP) is 2.24. The SMILES string of the molecule is CC[C@H](C)NS(=O)(=O)c1ccc(OCC(=O)NCc2ccc(S(=O)(=O)N3CCCC3)cc2)cc1. The van der Waals surface area contributed by atoms with Gasteiger partial charge in [-0.3, -0.25) is 4.79 Å². The van der Waals surface area contributed by atoms with Crippen LogP contribution < -0.4 is 14.8 Å². The smallest absolute Gasteiger partial charge is 0.258 e. The molecular formula is C23H31N3O6S2. The van der Waals surface area contributed by atoms with E-state index >= 15 is 0 Å². The Morgan fingerprint density at radius 3 is 2.15 bits per heavy atom. The van der Waals surface area contributed by atoms with Crippen LogP contribution in [0.2, 0.25) is 0 Å². The Morgan fingerprint density at radius 2 is 1.56 bits per heavy atom. The third-order valence-corrected chi connectivity index (χ3v) is 9.11. The van der Waals surface area contributed by atoms with Gasteiger partial charge in [-0.1, -0.05) is 19.1 Å². The molecule has 0 spiro atoms. The van der Waals surface area contributed by atoms with Gasteiger partial charge in [0, 0.05) is 25.7 Å². The van der Waals surface area contributed by atoms with Gasteiger partial charge in [0.1, 0.15) is 5.75 Å². The van der Waals surface area contributed by atoms with Gasteiger partial charge >= 0.3 is 0 Å². The monoisotopic (exact) mass is 509 g/mol. The summed E-state index contributed by atoms with van der Waals surface area (Å²) in [5, 5.41) is 2.72. The van der Waals surface area contributed by atoms with Crippen LogP contribution in [0.5, 0.6) is 5.75 Å². The molecule has 0 radical (unpaired) electrons. The van der Waals surface area contributed by atoms with Crippen LogP contribution in [0.15, 0.2) is 58.3 Å². The maximum atomic E-state index is 12.6. The molecule has 1 aliphatic rings. The average Bonchev–Trinajstić information content (AvgIpc) is 3.38. The van der Waals surface area contributed by atoms with E-state index in [0.29, 0.717) is 25.3 Å². The normalized spacial score (nSPS) is 15.7. The fourth-order valence-corrected chi connectivity index (χ4v) is 6.23. The van der Waals surface area contributed by atoms with Gasteiger partial charge in [-0.25, -0.2) is 21.6 Å². The van der Waals surface area contributed by atoms with Crippen LogP contribution in [-0.4, -0.2) is 52.8 Å². The van der Waals surface area contributed by atoms with Crippen molar-refractivity contribution < 1.29 is 26.4 Å². The van der Waals surface area contributed by atoms with E-state index in [4.69, 9.17) is 4.74 Å². The number of nitrogens with one attached hydrogen (secondary N) is 2. The van der Waals surface area contributed by atoms with Crippen molar-refractivity contribution in [2.24, 2.45) is 0 Å². The number of amides is 1. The van der Waals surface area contributed by atoms with Gasteiger partial charge in [-0.05, 0) is 68.1 Å². The summed E-state index contributed by atoms with van der Waals surface area (Å²) in [6, 6.07) is 12.1. The Labute approximate surface area is 201 Å². The van der Waals surface area contributed by atoms with E-state index in [0.717, 1.165) is 18.4 Å². The maximum absolute atomic E-state index is 12.6. The van der Waals surface area contributed by atoms with Crippen LogP contribution >= 0.6 is 0 Å². The Hall–Kier alpha value is -2.47. The number of rotatable bonds is 11. The van der Waals surface area contributed by atoms with E-state index in [1.54, 1.807) is 31.2 Å². The minimum atomic E-state index is -3.60. The first kappa shape index (κ1) is 26.1. The molecule has 1 amide bonds. The summed E-state index contributed by atoms with van der Waals surface area (Å²) in [6.07, 6.45) is 2.44. The predicted molar refractivity (Wildman–Crippen MR) is 128 cm³/mol. The van der Waals surface area contributed by atoms with E-state index in [2.05, 4.69) is 10.0 Å². The molecule has 2 N–H and O–H groups in total. The molecule has 1 heterocycles. The summed E-state index contributed by atoms with van der Waals surface area (Å²) < 4.78 is 59.2. The number of hydrogen-bond donors (Lipinski definition) is 2. The van der Waals surface area contributed by atoms with Crippen molar-refractivity contribution in [3.05, 3.63) is 54.1 Å². The molecule has 1 atom stereocenters. The lowest BCUT2D eigenvalue weighted by molar-refractivity contribution is -0.123. The third kappa shape index (κ3) is 6.78. The Balaban J connectivity index is 1.47. The molecule has 1 fully saturated rings. The molecule has 34 heavy (non-hydrogen) atoms. The van der Waals surface area contributed by atoms with E-state index in [1.807, 2.05) is 6.92 Å². The molecule has 2 aromatic rings. The highest BCUT2D eigenvalue weighted by Crippen LogP contribution is 2.21. The highest BCUT2D eigenvalue weighted by Gasteiger charge is 2.26. The maximum Gasteiger partial charge on any atom is 0.258 e. The lowest BCUT2D eigenvalue weighted by Crippen LogP contribution is -2.32. The molecule has 9 nitrogen and oxygen atoms in total. The number of hydrogen-bond acceptors (Lipinski definition) is 6. The first-order chi connectivity index (χ1) is 16.1. The summed E-state index contributed by atoms with van der Waals surface area (Å²) in [5.41, 5.74) is 0.761. The lowest BCUT2D eigenvalue weighted by atomic mass is 10.2. The molecule has 3 rings (SSSR count). The second kappa shape index (κ2) is 11.3. The molecule has 0 saturated carbocycles. The Bertz CT molecular complexity index is 1170. The molecule has 2 aromatic carbocycles. The van der Waals surface area contributed by atoms with E-state index in [9.17, 15) is 21.6 Å². The second-order valence-electron chi connectivity index (χ2n) is 8.22. The van der Waals surface area contributed by atoms with Crippen LogP contribution in [-0.2, 0) is 31.4 Å². The van der Waals surface area contributed by atoms with E-state index in [1.165, 1.54) is 28.6 Å². The van der Waals surface area contributed by atoms with Crippen molar-refractivity contribution in [3.8, 4) is 5.75 Å². The highest BCUT2D eigenvalue weighted by molar-refractivity contribution is 7.89. The first-order valence-corrected chi connectivity index (χ1v) is 14.1. The van der Waals surface area contributed by atoms with Crippen molar-refractivity contribution in [2.75, 3.05) is 19.7 Å². The fourth-order valence-electron chi connectivity index (χ4n) is 3.39. The van der Waals surface area contributed by atoms with Crippen molar-refractivity contribution in [3.63, 3.8) is 0 Å². The summed E-state index contributed by atoms with van der Waals surface area (Å²) >= 11 is 0. The molecule has 0 aromatic heterocycles. The number of nitrogens with zero attached hydrogens (tertiary/aromatic N) is 1. The van der Waals surface area contributed by atoms with Crippen LogP contribution in [0.1, 0.15) is 38.7 Å². The van der Waals surface area contributed by atoms with Crippen LogP contribution in [0, 0.1) is 0 Å². The third-order valence-electron chi connectivity index (χ3n) is 5.59. The van der Waals surface area contributed by atoms with Crippen molar-refractivity contribution in [1.29, 1.82) is 0 Å². The van der Waals surface area contributed by atoms with Gasteiger partial charge in [-0.15, -0.1) is 0 Å². The highest BCUT2D eigenvalue weighted by atomic mass is 32.2. The first-order valence-electron chi connectivity index (χ1n) is 11.2. The molecule has 0 aliphatic carbocycles. The Kier molecular flexibility index (Phi) is 8.69. The van der Waals surface area contributed by atoms with Gasteiger partial charge in [0.25, 0.3) is 5.91 Å². The van der Waals surface area contributed by atoms with Gasteiger partial charge in [0.15, 0.2) is 6.61 Å². The van der Waals surface area contributed by atoms with Gasteiger partial charge in [-0.2, -0.15) is 4.31 Å². The number of carbonyl (C=O) groups is 1. The minimum Gasteiger partial charge on any atom is -0.484 e. The fraction of sp³-hybridized carbons (Fsp3) is 0.435. The zero-order valence-electron chi connectivity index (χ0n) is 19.4. The summed E-state index contributed by atoms with van der Waals surface area (Å²) in [5.74, 6) is 0.0120. The topological polar surface area (TPSA) is 122 Å². The number of sulfonamides is 2. The summed E-state index contributed by atoms with van der Waals surface area (Å²) in [4.78, 5) is 12.5. The van der Waals surface area contributed by atoms with Crippen molar-refractivity contribution >= 4 is 26.0 Å². The van der Waals surface area contributed by atoms with Crippen LogP contribution in [0.4, 0.5) is 0 Å². The minimum absolute atomic E-state index is 0.125. The van der Waals surface area contributed by atoms with Crippen molar-refractivity contribution in [1.82, 2.24) is 14.3 Å². The zero-order chi connectivity index (χ0) is 24.8. The van der Waals surface area contributed by atoms with Gasteiger partial charge in [0.05, 0.1) is 9.79 Å². The summed E-state index contributed by atoms with van der Waals surface area (Å²) in [7, 11) is -7.06. The average molecular weight is 510 g/mol. The second-order valence-corrected chi connectivity index (χ2v) is 11.9. The zero-order valence-corrected chi connectivity index (χ0v) is 21.0. The summed E-state index contributed by atoms with van der Waals surface area (Å²) in [6.45, 7) is 4.77. The van der Waals surface area contributed by atoms with E-state index in [-0.39, 0.29) is 34.9 Å². The van der Waals surface area contributed by atoms with E-state index < -0.39 is 20.0 Å². The largest absolute Gasteiger partial charge is 0.484 e. The van der Waals surface area contributed by atoms with Gasteiger partial charge in [0.2, 0.25) is 20.0 Å². The molecule has 1 aliphatic heterocycles. The molecule has 11 heteroatoms. The number of carbonyl (C=O) groups excluding carboxylic acids is 1. The molecular weight excluding hydrogens is 478 g/mol.